The Bertz CT molecular complexity index is 440. The maximum Gasteiger partial charge on any atom is 0.224 e. The van der Waals surface area contributed by atoms with Crippen molar-refractivity contribution in [1.29, 1.82) is 0 Å². The van der Waals surface area contributed by atoms with Gasteiger partial charge in [-0.3, -0.25) is 4.79 Å². The minimum Gasteiger partial charge on any atom is -0.341 e. The molecule has 0 aromatic heterocycles. The lowest BCUT2D eigenvalue weighted by Gasteiger charge is -2.28. The molecule has 0 aliphatic heterocycles. The van der Waals surface area contributed by atoms with Crippen LogP contribution in [0.5, 0.6) is 0 Å². The number of carbonyl (C=O) groups is 1. The van der Waals surface area contributed by atoms with Crippen LogP contribution in [0.3, 0.4) is 0 Å². The zero-order valence-corrected chi connectivity index (χ0v) is 12.9. The standard InChI is InChI=1S/C15H23ClN2O/c1-15(2,3)13(17)9-14(19)18(4)10-11-6-5-7-12(16)8-11/h5-8,13H,9-10,17H2,1-4H3. The van der Waals surface area contributed by atoms with E-state index in [0.717, 1.165) is 5.56 Å². The Morgan fingerprint density at radius 2 is 2.05 bits per heavy atom. The van der Waals surface area contributed by atoms with Gasteiger partial charge in [0.05, 0.1) is 0 Å². The number of hydrogen-bond donors (Lipinski definition) is 1. The van der Waals surface area contributed by atoms with Gasteiger partial charge in [0.25, 0.3) is 0 Å². The maximum atomic E-state index is 12.1. The van der Waals surface area contributed by atoms with Gasteiger partial charge in [-0.25, -0.2) is 0 Å². The van der Waals surface area contributed by atoms with E-state index in [4.69, 9.17) is 17.3 Å². The molecule has 1 aromatic rings. The molecular weight excluding hydrogens is 260 g/mol. The lowest BCUT2D eigenvalue weighted by molar-refractivity contribution is -0.131. The Labute approximate surface area is 120 Å². The van der Waals surface area contributed by atoms with Crippen LogP contribution in [0.4, 0.5) is 0 Å². The van der Waals surface area contributed by atoms with Crippen molar-refractivity contribution < 1.29 is 4.79 Å². The van der Waals surface area contributed by atoms with E-state index in [1.54, 1.807) is 11.9 Å². The highest BCUT2D eigenvalue weighted by molar-refractivity contribution is 6.30. The van der Waals surface area contributed by atoms with Crippen molar-refractivity contribution in [3.63, 3.8) is 0 Å². The molecule has 3 nitrogen and oxygen atoms in total. The summed E-state index contributed by atoms with van der Waals surface area (Å²) in [5.74, 6) is 0.0578. The molecule has 2 N–H and O–H groups in total. The third-order valence-corrected chi connectivity index (χ3v) is 3.48. The molecule has 0 spiro atoms. The Hall–Kier alpha value is -1.06. The third-order valence-electron chi connectivity index (χ3n) is 3.24. The lowest BCUT2D eigenvalue weighted by Crippen LogP contribution is -2.40. The van der Waals surface area contributed by atoms with E-state index in [9.17, 15) is 4.79 Å². The zero-order valence-electron chi connectivity index (χ0n) is 12.1. The topological polar surface area (TPSA) is 46.3 Å². The van der Waals surface area contributed by atoms with Crippen LogP contribution in [0.1, 0.15) is 32.8 Å². The Balaban J connectivity index is 2.58. The number of halogens is 1. The Kier molecular flexibility index (Phi) is 5.39. The van der Waals surface area contributed by atoms with Crippen molar-refractivity contribution in [2.24, 2.45) is 11.1 Å². The van der Waals surface area contributed by atoms with E-state index < -0.39 is 0 Å². The lowest BCUT2D eigenvalue weighted by atomic mass is 9.85. The number of carbonyl (C=O) groups excluding carboxylic acids is 1. The highest BCUT2D eigenvalue weighted by Gasteiger charge is 2.24. The first-order valence-corrected chi connectivity index (χ1v) is 6.82. The summed E-state index contributed by atoms with van der Waals surface area (Å²) in [6, 6.07) is 7.40. The van der Waals surface area contributed by atoms with Crippen LogP contribution in [0.2, 0.25) is 5.02 Å². The van der Waals surface area contributed by atoms with Crippen LogP contribution in [0.15, 0.2) is 24.3 Å². The van der Waals surface area contributed by atoms with Gasteiger partial charge in [-0.05, 0) is 23.1 Å². The summed E-state index contributed by atoms with van der Waals surface area (Å²) in [4.78, 5) is 13.8. The number of hydrogen-bond acceptors (Lipinski definition) is 2. The van der Waals surface area contributed by atoms with Crippen LogP contribution in [0, 0.1) is 5.41 Å². The fraction of sp³-hybridized carbons (Fsp3) is 0.533. The summed E-state index contributed by atoms with van der Waals surface area (Å²) < 4.78 is 0. The predicted octanol–water partition coefficient (Wildman–Crippen LogP) is 3.06. The molecule has 0 aliphatic carbocycles. The number of nitrogens with two attached hydrogens (primary N) is 1. The molecule has 106 valence electrons. The van der Waals surface area contributed by atoms with Gasteiger partial charge < -0.3 is 10.6 Å². The second-order valence-electron chi connectivity index (χ2n) is 6.06. The van der Waals surface area contributed by atoms with Gasteiger partial charge in [0.2, 0.25) is 5.91 Å². The van der Waals surface area contributed by atoms with Crippen molar-refractivity contribution in [3.05, 3.63) is 34.9 Å². The first-order chi connectivity index (χ1) is 8.70. The first kappa shape index (κ1) is 16.0. The van der Waals surface area contributed by atoms with Gasteiger partial charge in [0.15, 0.2) is 0 Å². The van der Waals surface area contributed by atoms with Crippen molar-refractivity contribution in [2.75, 3.05) is 7.05 Å². The molecule has 1 unspecified atom stereocenters. The molecule has 0 heterocycles. The molecule has 19 heavy (non-hydrogen) atoms. The van der Waals surface area contributed by atoms with E-state index in [0.29, 0.717) is 18.0 Å². The minimum atomic E-state index is -0.137. The molecule has 0 radical (unpaired) electrons. The largest absolute Gasteiger partial charge is 0.341 e. The number of benzene rings is 1. The van der Waals surface area contributed by atoms with Gasteiger partial charge in [0, 0.05) is 31.1 Å². The smallest absolute Gasteiger partial charge is 0.224 e. The summed E-state index contributed by atoms with van der Waals surface area (Å²) in [6.45, 7) is 6.68. The minimum absolute atomic E-state index is 0.0578. The van der Waals surface area contributed by atoms with Crippen LogP contribution >= 0.6 is 11.6 Å². The average Bonchev–Trinajstić information content (AvgIpc) is 2.27. The summed E-state index contributed by atoms with van der Waals surface area (Å²) >= 11 is 5.93. The van der Waals surface area contributed by atoms with Gasteiger partial charge in [0.1, 0.15) is 0 Å². The fourth-order valence-corrected chi connectivity index (χ4v) is 1.86. The number of rotatable bonds is 4. The second-order valence-corrected chi connectivity index (χ2v) is 6.49. The SMILES string of the molecule is CN(Cc1cccc(Cl)c1)C(=O)CC(N)C(C)(C)C. The normalized spacial score (nSPS) is 13.2. The van der Waals surface area contributed by atoms with Gasteiger partial charge in [-0.1, -0.05) is 44.5 Å². The molecule has 0 saturated carbocycles. The summed E-state index contributed by atoms with van der Waals surface area (Å²) in [6.07, 6.45) is 0.362. The molecule has 1 aromatic carbocycles. The summed E-state index contributed by atoms with van der Waals surface area (Å²) in [5, 5.41) is 0.685. The van der Waals surface area contributed by atoms with Gasteiger partial charge >= 0.3 is 0 Å². The molecule has 0 fully saturated rings. The third kappa shape index (κ3) is 5.21. The number of amides is 1. The zero-order chi connectivity index (χ0) is 14.6. The quantitative estimate of drug-likeness (QED) is 0.922. The molecule has 1 rings (SSSR count). The maximum absolute atomic E-state index is 12.1. The van der Waals surface area contributed by atoms with Crippen LogP contribution in [-0.4, -0.2) is 23.9 Å². The Morgan fingerprint density at radius 1 is 1.42 bits per heavy atom. The summed E-state index contributed by atoms with van der Waals surface area (Å²) in [7, 11) is 1.79. The van der Waals surface area contributed by atoms with Crippen molar-refractivity contribution in [3.8, 4) is 0 Å². The van der Waals surface area contributed by atoms with Crippen LogP contribution < -0.4 is 5.73 Å². The highest BCUT2D eigenvalue weighted by atomic mass is 35.5. The monoisotopic (exact) mass is 282 g/mol. The molecule has 0 bridgehead atoms. The van der Waals surface area contributed by atoms with Gasteiger partial charge in [-0.2, -0.15) is 0 Å². The Morgan fingerprint density at radius 3 is 2.58 bits per heavy atom. The average molecular weight is 283 g/mol. The van der Waals surface area contributed by atoms with E-state index >= 15 is 0 Å². The highest BCUT2D eigenvalue weighted by Crippen LogP contribution is 2.20. The van der Waals surface area contributed by atoms with Crippen LogP contribution in [-0.2, 0) is 11.3 Å². The van der Waals surface area contributed by atoms with Gasteiger partial charge in [-0.15, -0.1) is 0 Å². The van der Waals surface area contributed by atoms with E-state index in [2.05, 4.69) is 0 Å². The first-order valence-electron chi connectivity index (χ1n) is 6.44. The number of nitrogens with zero attached hydrogens (tertiary/aromatic N) is 1. The second kappa shape index (κ2) is 6.40. The molecule has 0 saturated heterocycles. The van der Waals surface area contributed by atoms with Crippen molar-refractivity contribution in [2.45, 2.75) is 39.8 Å². The van der Waals surface area contributed by atoms with E-state index in [1.807, 2.05) is 45.0 Å². The molecule has 1 atom stereocenters. The van der Waals surface area contributed by atoms with Crippen molar-refractivity contribution in [1.82, 2.24) is 4.90 Å². The molecule has 4 heteroatoms. The fourth-order valence-electron chi connectivity index (χ4n) is 1.65. The summed E-state index contributed by atoms with van der Waals surface area (Å²) in [5.41, 5.74) is 7.00. The molecule has 0 aliphatic rings. The molecule has 1 amide bonds. The predicted molar refractivity (Wildman–Crippen MR) is 80.0 cm³/mol. The van der Waals surface area contributed by atoms with Crippen molar-refractivity contribution >= 4 is 17.5 Å². The van der Waals surface area contributed by atoms with E-state index in [1.165, 1.54) is 0 Å². The molecular formula is C15H23ClN2O. The van der Waals surface area contributed by atoms with Crippen LogP contribution in [0.25, 0.3) is 0 Å². The van der Waals surface area contributed by atoms with E-state index in [-0.39, 0.29) is 17.4 Å².